The van der Waals surface area contributed by atoms with E-state index in [2.05, 4.69) is 15.2 Å². The van der Waals surface area contributed by atoms with Crippen molar-refractivity contribution in [2.24, 2.45) is 0 Å². The second-order valence-electron chi connectivity index (χ2n) is 4.35. The minimum atomic E-state index is -0.110. The number of aromatic nitrogens is 3. The van der Waals surface area contributed by atoms with Gasteiger partial charge in [-0.05, 0) is 25.1 Å². The third-order valence-electron chi connectivity index (χ3n) is 3.08. The Morgan fingerprint density at radius 3 is 3.05 bits per heavy atom. The quantitative estimate of drug-likeness (QED) is 0.558. The van der Waals surface area contributed by atoms with Gasteiger partial charge in [0.15, 0.2) is 0 Å². The highest BCUT2D eigenvalue weighted by Crippen LogP contribution is 2.37. The number of aryl methyl sites for hydroxylation is 1. The maximum Gasteiger partial charge on any atom is 0.281 e. The van der Waals surface area contributed by atoms with Crippen molar-refractivity contribution >= 4 is 31.8 Å². The van der Waals surface area contributed by atoms with E-state index in [-0.39, 0.29) is 5.56 Å². The molecule has 94 valence electrons. The molecule has 0 radical (unpaired) electrons. The largest absolute Gasteiger partial charge is 0.464 e. The molecular weight excluding hydrogens is 262 g/mol. The molecule has 6 heteroatoms. The van der Waals surface area contributed by atoms with E-state index in [1.165, 1.54) is 11.3 Å². The fraction of sp³-hybridized carbons (Fsp3) is 0.0769. The highest BCUT2D eigenvalue weighted by atomic mass is 32.1. The lowest BCUT2D eigenvalue weighted by Crippen LogP contribution is -1.95. The lowest BCUT2D eigenvalue weighted by Gasteiger charge is -2.01. The van der Waals surface area contributed by atoms with E-state index in [0.717, 1.165) is 32.8 Å². The molecule has 4 aromatic rings. The Bertz CT molecular complexity index is 944. The molecular formula is C13H9N3O2S. The van der Waals surface area contributed by atoms with Crippen LogP contribution < -0.4 is 5.56 Å². The van der Waals surface area contributed by atoms with E-state index in [9.17, 15) is 4.79 Å². The van der Waals surface area contributed by atoms with E-state index in [1.807, 2.05) is 25.1 Å². The van der Waals surface area contributed by atoms with Crippen molar-refractivity contribution in [3.63, 3.8) is 0 Å². The summed E-state index contributed by atoms with van der Waals surface area (Å²) in [5.74, 6) is 0.775. The topological polar surface area (TPSA) is 74.7 Å². The smallest absolute Gasteiger partial charge is 0.281 e. The van der Waals surface area contributed by atoms with E-state index < -0.39 is 0 Å². The average molecular weight is 271 g/mol. The molecule has 0 aromatic carbocycles. The minimum Gasteiger partial charge on any atom is -0.464 e. The predicted molar refractivity (Wildman–Crippen MR) is 74.5 cm³/mol. The molecule has 2 N–H and O–H groups in total. The molecule has 0 bridgehead atoms. The average Bonchev–Trinajstić information content (AvgIpc) is 3.06. The number of fused-ring (bicyclic) bond motifs is 3. The predicted octanol–water partition coefficient (Wildman–Crippen LogP) is 3.03. The van der Waals surface area contributed by atoms with Crippen LogP contribution in [0.15, 0.2) is 33.7 Å². The number of furan rings is 1. The molecule has 0 fully saturated rings. The normalized spacial score (nSPS) is 11.6. The number of rotatable bonds is 1. The number of aromatic amines is 2. The maximum atomic E-state index is 11.7. The number of thiophene rings is 1. The summed E-state index contributed by atoms with van der Waals surface area (Å²) in [6.45, 7) is 1.93. The molecule has 0 unspecified atom stereocenters. The third kappa shape index (κ3) is 1.40. The van der Waals surface area contributed by atoms with Gasteiger partial charge >= 0.3 is 0 Å². The molecule has 0 atom stereocenters. The van der Waals surface area contributed by atoms with Crippen molar-refractivity contribution in [1.29, 1.82) is 0 Å². The first-order chi connectivity index (χ1) is 9.24. The van der Waals surface area contributed by atoms with Crippen LogP contribution in [-0.2, 0) is 0 Å². The van der Waals surface area contributed by atoms with Crippen molar-refractivity contribution in [2.75, 3.05) is 0 Å². The molecule has 5 nitrogen and oxygen atoms in total. The lowest BCUT2D eigenvalue weighted by atomic mass is 10.1. The zero-order valence-corrected chi connectivity index (χ0v) is 10.8. The van der Waals surface area contributed by atoms with Gasteiger partial charge in [0.2, 0.25) is 0 Å². The summed E-state index contributed by atoms with van der Waals surface area (Å²) in [7, 11) is 0. The molecule has 0 aliphatic carbocycles. The van der Waals surface area contributed by atoms with Crippen LogP contribution in [0.1, 0.15) is 5.69 Å². The van der Waals surface area contributed by atoms with Gasteiger partial charge in [-0.15, -0.1) is 11.3 Å². The Kier molecular flexibility index (Phi) is 1.99. The Balaban J connectivity index is 2.25. The van der Waals surface area contributed by atoms with Gasteiger partial charge in [-0.2, -0.15) is 0 Å². The van der Waals surface area contributed by atoms with Crippen molar-refractivity contribution < 1.29 is 4.42 Å². The summed E-state index contributed by atoms with van der Waals surface area (Å²) in [5.41, 5.74) is 2.54. The maximum absolute atomic E-state index is 11.7. The molecule has 4 aromatic heterocycles. The molecule has 0 spiro atoms. The van der Waals surface area contributed by atoms with Gasteiger partial charge in [0, 0.05) is 16.6 Å². The number of H-pyrrole nitrogens is 2. The van der Waals surface area contributed by atoms with Crippen LogP contribution in [0.5, 0.6) is 0 Å². The van der Waals surface area contributed by atoms with Crippen molar-refractivity contribution in [1.82, 2.24) is 15.2 Å². The number of hydrogen-bond donors (Lipinski definition) is 2. The van der Waals surface area contributed by atoms with Gasteiger partial charge < -0.3 is 4.42 Å². The fourth-order valence-electron chi connectivity index (χ4n) is 2.30. The minimum absolute atomic E-state index is 0.110. The standard InChI is InChI=1S/C13H9N3O2S/c1-6-5-7(8-3-2-4-18-8)9-10-11(12(17)16-15-10)19-13(9)14-6/h2-5H,1H3,(H2,15,16,17). The number of pyridine rings is 1. The van der Waals surface area contributed by atoms with Gasteiger partial charge in [0.05, 0.1) is 11.8 Å². The summed E-state index contributed by atoms with van der Waals surface area (Å²) >= 11 is 1.39. The van der Waals surface area contributed by atoms with Crippen LogP contribution in [-0.4, -0.2) is 15.2 Å². The van der Waals surface area contributed by atoms with E-state index >= 15 is 0 Å². The molecule has 0 saturated carbocycles. The number of hydrogen-bond acceptors (Lipinski definition) is 4. The molecule has 0 saturated heterocycles. The van der Waals surface area contributed by atoms with Crippen molar-refractivity contribution in [3.05, 3.63) is 40.5 Å². The SMILES string of the molecule is Cc1cc(-c2ccco2)c2c(n1)sc1c(=O)[nH][nH]c12. The van der Waals surface area contributed by atoms with Gasteiger partial charge in [0.25, 0.3) is 5.56 Å². The lowest BCUT2D eigenvalue weighted by molar-refractivity contribution is 0.583. The zero-order valence-electron chi connectivity index (χ0n) is 9.98. The number of nitrogens with zero attached hydrogens (tertiary/aromatic N) is 1. The first kappa shape index (κ1) is 10.6. The molecule has 19 heavy (non-hydrogen) atoms. The van der Waals surface area contributed by atoms with E-state index in [1.54, 1.807) is 6.26 Å². The molecule has 4 heterocycles. The molecule has 0 aliphatic rings. The van der Waals surface area contributed by atoms with Gasteiger partial charge in [-0.1, -0.05) is 0 Å². The van der Waals surface area contributed by atoms with E-state index in [4.69, 9.17) is 4.42 Å². The van der Waals surface area contributed by atoms with Crippen LogP contribution in [0.3, 0.4) is 0 Å². The van der Waals surface area contributed by atoms with E-state index in [0.29, 0.717) is 4.70 Å². The van der Waals surface area contributed by atoms with Crippen LogP contribution in [0.25, 0.3) is 31.8 Å². The second kappa shape index (κ2) is 3.58. The van der Waals surface area contributed by atoms with Crippen LogP contribution in [0.4, 0.5) is 0 Å². The highest BCUT2D eigenvalue weighted by Gasteiger charge is 2.17. The van der Waals surface area contributed by atoms with Crippen LogP contribution in [0, 0.1) is 6.92 Å². The van der Waals surface area contributed by atoms with Crippen LogP contribution >= 0.6 is 11.3 Å². The Morgan fingerprint density at radius 1 is 1.37 bits per heavy atom. The molecule has 0 aliphatic heterocycles. The Hall–Kier alpha value is -2.34. The third-order valence-corrected chi connectivity index (χ3v) is 4.17. The highest BCUT2D eigenvalue weighted by molar-refractivity contribution is 7.25. The first-order valence-electron chi connectivity index (χ1n) is 5.78. The van der Waals surface area contributed by atoms with Gasteiger partial charge in [-0.3, -0.25) is 15.0 Å². The van der Waals surface area contributed by atoms with Gasteiger partial charge in [-0.25, -0.2) is 4.98 Å². The summed E-state index contributed by atoms with van der Waals surface area (Å²) in [4.78, 5) is 17.1. The Morgan fingerprint density at radius 2 is 2.26 bits per heavy atom. The monoisotopic (exact) mass is 271 g/mol. The fourth-order valence-corrected chi connectivity index (χ4v) is 3.40. The summed E-state index contributed by atoms with van der Waals surface area (Å²) < 4.78 is 6.15. The number of nitrogens with one attached hydrogen (secondary N) is 2. The summed E-state index contributed by atoms with van der Waals surface area (Å²) in [5, 5.41) is 6.46. The molecule has 0 amide bonds. The van der Waals surface area contributed by atoms with Crippen molar-refractivity contribution in [2.45, 2.75) is 6.92 Å². The summed E-state index contributed by atoms with van der Waals surface area (Å²) in [6.07, 6.45) is 1.64. The van der Waals surface area contributed by atoms with Crippen LogP contribution in [0.2, 0.25) is 0 Å². The second-order valence-corrected chi connectivity index (χ2v) is 5.35. The molecule has 4 rings (SSSR count). The van der Waals surface area contributed by atoms with Crippen molar-refractivity contribution in [3.8, 4) is 11.3 Å². The Labute approximate surface area is 110 Å². The first-order valence-corrected chi connectivity index (χ1v) is 6.60. The van der Waals surface area contributed by atoms with Gasteiger partial charge in [0.1, 0.15) is 15.3 Å². The zero-order chi connectivity index (χ0) is 13.0. The summed E-state index contributed by atoms with van der Waals surface area (Å²) in [6, 6.07) is 5.72.